The Morgan fingerprint density at radius 1 is 1.06 bits per heavy atom. The number of rotatable bonds is 4. The van der Waals surface area contributed by atoms with Crippen LogP contribution < -0.4 is 10.8 Å². The first kappa shape index (κ1) is 13.1. The van der Waals surface area contributed by atoms with Crippen LogP contribution in [0.5, 0.6) is 0 Å². The third-order valence-electron chi connectivity index (χ3n) is 4.24. The quantitative estimate of drug-likeness (QED) is 0.622. The number of fused-ring (bicyclic) bond motifs is 1. The van der Waals surface area contributed by atoms with Gasteiger partial charge in [-0.2, -0.15) is 0 Å². The van der Waals surface area contributed by atoms with Gasteiger partial charge in [0.1, 0.15) is 5.58 Å². The van der Waals surface area contributed by atoms with Crippen LogP contribution >= 0.6 is 0 Å². The molecule has 0 aliphatic carbocycles. The van der Waals surface area contributed by atoms with Gasteiger partial charge >= 0.3 is 5.63 Å². The van der Waals surface area contributed by atoms with Crippen LogP contribution in [-0.4, -0.2) is 8.07 Å². The Morgan fingerprint density at radius 2 is 1.67 bits per heavy atom. The number of benzene rings is 1. The second kappa shape index (κ2) is 5.10. The lowest BCUT2D eigenvalue weighted by Gasteiger charge is -2.27. The molecule has 0 aliphatic rings. The molecule has 1 aromatic heterocycles. The largest absolute Gasteiger partial charge is 0.423 e. The van der Waals surface area contributed by atoms with Crippen LogP contribution in [0.2, 0.25) is 18.1 Å². The molecule has 2 nitrogen and oxygen atoms in total. The molecule has 0 bridgehead atoms. The first-order valence-corrected chi connectivity index (χ1v) is 9.32. The Balaban J connectivity index is 2.70. The highest BCUT2D eigenvalue weighted by molar-refractivity contribution is 6.91. The Hall–Kier alpha value is -1.35. The van der Waals surface area contributed by atoms with Gasteiger partial charge in [0.2, 0.25) is 0 Å². The smallest absolute Gasteiger partial charge is 0.335 e. The highest BCUT2D eigenvalue weighted by Gasteiger charge is 2.32. The normalized spacial score (nSPS) is 11.9. The highest BCUT2D eigenvalue weighted by atomic mass is 28.3. The van der Waals surface area contributed by atoms with E-state index >= 15 is 0 Å². The van der Waals surface area contributed by atoms with Crippen molar-refractivity contribution < 1.29 is 4.42 Å². The van der Waals surface area contributed by atoms with Gasteiger partial charge in [0.25, 0.3) is 0 Å². The molecular weight excluding hydrogens is 240 g/mol. The number of hydrogen-bond acceptors (Lipinski definition) is 2. The zero-order chi connectivity index (χ0) is 13.2. The summed E-state index contributed by atoms with van der Waals surface area (Å²) in [6.07, 6.45) is 0. The van der Waals surface area contributed by atoms with Crippen molar-refractivity contribution in [3.8, 4) is 0 Å². The lowest BCUT2D eigenvalue weighted by Crippen LogP contribution is -2.52. The number of hydrogen-bond donors (Lipinski definition) is 0. The molecule has 0 unspecified atom stereocenters. The molecule has 2 aromatic rings. The van der Waals surface area contributed by atoms with E-state index in [-0.39, 0.29) is 5.63 Å². The summed E-state index contributed by atoms with van der Waals surface area (Å²) in [5, 5.41) is 2.01. The van der Waals surface area contributed by atoms with Gasteiger partial charge in [-0.15, -0.1) is 0 Å². The van der Waals surface area contributed by atoms with Crippen molar-refractivity contribution in [1.29, 1.82) is 0 Å². The minimum atomic E-state index is -1.66. The molecule has 18 heavy (non-hydrogen) atoms. The summed E-state index contributed by atoms with van der Waals surface area (Å²) >= 11 is 0. The maximum absolute atomic E-state index is 12.2. The first-order chi connectivity index (χ1) is 8.66. The second-order valence-corrected chi connectivity index (χ2v) is 10.0. The lowest BCUT2D eigenvalue weighted by molar-refractivity contribution is 0.565. The van der Waals surface area contributed by atoms with E-state index in [1.165, 1.54) is 0 Å². The molecule has 1 aromatic carbocycles. The van der Waals surface area contributed by atoms with Crippen LogP contribution in [0.3, 0.4) is 0 Å². The summed E-state index contributed by atoms with van der Waals surface area (Å²) in [6, 6.07) is 13.1. The van der Waals surface area contributed by atoms with E-state index in [0.29, 0.717) is 5.58 Å². The van der Waals surface area contributed by atoms with Crippen LogP contribution in [0.4, 0.5) is 0 Å². The van der Waals surface area contributed by atoms with Gasteiger partial charge < -0.3 is 4.42 Å². The number of para-hydroxylation sites is 1. The maximum atomic E-state index is 12.2. The van der Waals surface area contributed by atoms with Gasteiger partial charge in [-0.05, 0) is 12.1 Å². The van der Waals surface area contributed by atoms with Gasteiger partial charge in [-0.3, -0.25) is 0 Å². The standard InChI is InChI=1S/C15H20O2Si/c1-4-18(5-2,6-3)14-11-12-9-7-8-10-13(12)17-15(14)16/h7-11H,4-6H2,1-3H3. The minimum absolute atomic E-state index is 0.120. The van der Waals surface area contributed by atoms with E-state index in [1.54, 1.807) is 0 Å². The van der Waals surface area contributed by atoms with Crippen molar-refractivity contribution in [2.24, 2.45) is 0 Å². The predicted octanol–water partition coefficient (Wildman–Crippen LogP) is 3.51. The van der Waals surface area contributed by atoms with Crippen molar-refractivity contribution in [3.05, 3.63) is 40.8 Å². The van der Waals surface area contributed by atoms with E-state index < -0.39 is 8.07 Å². The summed E-state index contributed by atoms with van der Waals surface area (Å²) in [6.45, 7) is 6.61. The third kappa shape index (κ3) is 2.03. The second-order valence-electron chi connectivity index (χ2n) is 4.83. The summed E-state index contributed by atoms with van der Waals surface area (Å²) < 4.78 is 5.48. The van der Waals surface area contributed by atoms with E-state index in [0.717, 1.165) is 28.7 Å². The van der Waals surface area contributed by atoms with E-state index in [4.69, 9.17) is 4.42 Å². The fourth-order valence-electron chi connectivity index (χ4n) is 2.75. The maximum Gasteiger partial charge on any atom is 0.335 e. The highest BCUT2D eigenvalue weighted by Crippen LogP contribution is 2.20. The minimum Gasteiger partial charge on any atom is -0.423 e. The average Bonchev–Trinajstić information content (AvgIpc) is 2.41. The summed E-state index contributed by atoms with van der Waals surface area (Å²) in [7, 11) is -1.66. The van der Waals surface area contributed by atoms with Gasteiger partial charge in [-0.1, -0.05) is 57.1 Å². The Kier molecular flexibility index (Phi) is 3.71. The van der Waals surface area contributed by atoms with Crippen LogP contribution in [0.15, 0.2) is 39.5 Å². The fourth-order valence-corrected chi connectivity index (χ4v) is 6.34. The van der Waals surface area contributed by atoms with Gasteiger partial charge in [-0.25, -0.2) is 4.79 Å². The molecule has 3 heteroatoms. The third-order valence-corrected chi connectivity index (χ3v) is 9.79. The molecular formula is C15H20O2Si. The van der Waals surface area contributed by atoms with Gasteiger partial charge in [0.15, 0.2) is 0 Å². The zero-order valence-electron chi connectivity index (χ0n) is 11.3. The summed E-state index contributed by atoms with van der Waals surface area (Å²) in [5.74, 6) is 0. The molecule has 96 valence electrons. The molecule has 0 saturated heterocycles. The lowest BCUT2D eigenvalue weighted by atomic mass is 10.2. The van der Waals surface area contributed by atoms with E-state index in [9.17, 15) is 4.79 Å². The molecule has 2 rings (SSSR count). The van der Waals surface area contributed by atoms with E-state index in [1.807, 2.05) is 24.3 Å². The molecule has 0 atom stereocenters. The summed E-state index contributed by atoms with van der Waals surface area (Å²) in [5.41, 5.74) is 0.573. The van der Waals surface area contributed by atoms with Crippen molar-refractivity contribution >= 4 is 24.2 Å². The first-order valence-electron chi connectivity index (χ1n) is 6.70. The van der Waals surface area contributed by atoms with Crippen LogP contribution in [0.25, 0.3) is 11.0 Å². The van der Waals surface area contributed by atoms with Crippen molar-refractivity contribution in [2.75, 3.05) is 0 Å². The molecule has 0 saturated carbocycles. The van der Waals surface area contributed by atoms with Crippen LogP contribution in [0.1, 0.15) is 20.8 Å². The molecule has 0 fully saturated rings. The fraction of sp³-hybridized carbons (Fsp3) is 0.400. The summed E-state index contributed by atoms with van der Waals surface area (Å²) in [4.78, 5) is 12.2. The molecule has 0 aliphatic heterocycles. The van der Waals surface area contributed by atoms with E-state index in [2.05, 4.69) is 26.8 Å². The van der Waals surface area contributed by atoms with Crippen molar-refractivity contribution in [2.45, 2.75) is 38.9 Å². The topological polar surface area (TPSA) is 30.2 Å². The van der Waals surface area contributed by atoms with Crippen LogP contribution in [0, 0.1) is 0 Å². The SMILES string of the molecule is CC[Si](CC)(CC)c1cc2ccccc2oc1=O. The Labute approximate surface area is 109 Å². The van der Waals surface area contributed by atoms with Crippen molar-refractivity contribution in [3.63, 3.8) is 0 Å². The molecule has 0 radical (unpaired) electrons. The molecule has 0 N–H and O–H groups in total. The molecule has 1 heterocycles. The average molecular weight is 260 g/mol. The Bertz CT molecular complexity index is 588. The monoisotopic (exact) mass is 260 g/mol. The van der Waals surface area contributed by atoms with Crippen LogP contribution in [-0.2, 0) is 0 Å². The molecule has 0 amide bonds. The molecule has 0 spiro atoms. The predicted molar refractivity (Wildman–Crippen MR) is 79.3 cm³/mol. The van der Waals surface area contributed by atoms with Crippen molar-refractivity contribution in [1.82, 2.24) is 0 Å². The van der Waals surface area contributed by atoms with Gasteiger partial charge in [0, 0.05) is 10.6 Å². The van der Waals surface area contributed by atoms with Gasteiger partial charge in [0.05, 0.1) is 8.07 Å². The zero-order valence-corrected chi connectivity index (χ0v) is 12.3. The Morgan fingerprint density at radius 3 is 2.28 bits per heavy atom.